The fourth-order valence-corrected chi connectivity index (χ4v) is 4.74. The molecule has 1 saturated heterocycles. The molecule has 0 amide bonds. The van der Waals surface area contributed by atoms with Crippen molar-refractivity contribution in [3.05, 3.63) is 64.0 Å². The van der Waals surface area contributed by atoms with Gasteiger partial charge in [-0.15, -0.1) is 0 Å². The Morgan fingerprint density at radius 2 is 2.12 bits per heavy atom. The number of ether oxygens (including phenoxy) is 1. The standard InChI is InChI=1S/C25H30N4O4/c1-16-19(6-7-20-21(16)15-33-25(20)32)24(31)14-29-9-3-2-4-18(29)12-27-13-23(30)22-8-5-17(10-26)11-28-22/h5-8,11,18,23-24,27,30-31H,2-4,9,12-15H2,1H3/t18?,23?,24-/m1/s1. The van der Waals surface area contributed by atoms with Crippen molar-refractivity contribution in [1.29, 1.82) is 5.26 Å². The third kappa shape index (κ3) is 5.23. The van der Waals surface area contributed by atoms with E-state index in [2.05, 4.69) is 15.2 Å². The Morgan fingerprint density at radius 1 is 1.27 bits per heavy atom. The number of rotatable bonds is 8. The fraction of sp³-hybridized carbons (Fsp3) is 0.480. The van der Waals surface area contributed by atoms with Gasteiger partial charge in [0, 0.05) is 37.4 Å². The highest BCUT2D eigenvalue weighted by Gasteiger charge is 2.28. The largest absolute Gasteiger partial charge is 0.457 e. The van der Waals surface area contributed by atoms with E-state index in [9.17, 15) is 15.0 Å². The number of nitrogens with one attached hydrogen (secondary N) is 1. The quantitative estimate of drug-likeness (QED) is 0.524. The van der Waals surface area contributed by atoms with Crippen molar-refractivity contribution < 1.29 is 19.7 Å². The molecule has 0 aliphatic carbocycles. The summed E-state index contributed by atoms with van der Waals surface area (Å²) in [6.07, 6.45) is 3.31. The second-order valence-electron chi connectivity index (χ2n) is 8.80. The predicted molar refractivity (Wildman–Crippen MR) is 121 cm³/mol. The van der Waals surface area contributed by atoms with E-state index in [-0.39, 0.29) is 18.6 Å². The average Bonchev–Trinajstić information content (AvgIpc) is 3.22. The van der Waals surface area contributed by atoms with Crippen LogP contribution in [0.2, 0.25) is 0 Å². The van der Waals surface area contributed by atoms with Crippen LogP contribution in [-0.2, 0) is 11.3 Å². The van der Waals surface area contributed by atoms with E-state index in [0.717, 1.165) is 42.5 Å². The lowest BCUT2D eigenvalue weighted by Crippen LogP contribution is -2.47. The van der Waals surface area contributed by atoms with E-state index in [1.807, 2.05) is 19.1 Å². The van der Waals surface area contributed by atoms with Crippen molar-refractivity contribution in [1.82, 2.24) is 15.2 Å². The molecule has 8 heteroatoms. The second-order valence-corrected chi connectivity index (χ2v) is 8.80. The first-order valence-electron chi connectivity index (χ1n) is 11.4. The van der Waals surface area contributed by atoms with E-state index in [4.69, 9.17) is 10.00 Å². The number of piperidine rings is 1. The molecule has 0 bridgehead atoms. The van der Waals surface area contributed by atoms with Crippen LogP contribution in [0.25, 0.3) is 0 Å². The van der Waals surface area contributed by atoms with Crippen molar-refractivity contribution in [3.63, 3.8) is 0 Å². The van der Waals surface area contributed by atoms with Crippen LogP contribution in [0.4, 0.5) is 0 Å². The summed E-state index contributed by atoms with van der Waals surface area (Å²) in [5.41, 5.74) is 4.24. The highest BCUT2D eigenvalue weighted by atomic mass is 16.5. The number of β-amino-alcohol motifs (C(OH)–C–C–N with tert-alkyl or cyclic N) is 1. The van der Waals surface area contributed by atoms with Gasteiger partial charge in [0.2, 0.25) is 0 Å². The highest BCUT2D eigenvalue weighted by molar-refractivity contribution is 5.93. The minimum Gasteiger partial charge on any atom is -0.457 e. The molecule has 1 aromatic heterocycles. The van der Waals surface area contributed by atoms with E-state index < -0.39 is 12.2 Å². The zero-order chi connectivity index (χ0) is 23.4. The Hall–Kier alpha value is -2.83. The summed E-state index contributed by atoms with van der Waals surface area (Å²) in [5.74, 6) is -0.297. The Balaban J connectivity index is 1.34. The number of fused-ring (bicyclic) bond motifs is 1. The van der Waals surface area contributed by atoms with E-state index in [1.54, 1.807) is 18.2 Å². The summed E-state index contributed by atoms with van der Waals surface area (Å²) in [6.45, 7) is 4.70. The number of hydrogen-bond donors (Lipinski definition) is 3. The van der Waals surface area contributed by atoms with Crippen LogP contribution in [-0.4, -0.2) is 58.3 Å². The van der Waals surface area contributed by atoms with E-state index in [0.29, 0.717) is 36.5 Å². The molecular formula is C25H30N4O4. The van der Waals surface area contributed by atoms with Gasteiger partial charge in [-0.1, -0.05) is 12.5 Å². The molecule has 1 aromatic carbocycles. The number of nitriles is 1. The van der Waals surface area contributed by atoms with Gasteiger partial charge in [-0.2, -0.15) is 5.26 Å². The molecule has 174 valence electrons. The number of esters is 1. The number of carbonyl (C=O) groups excluding carboxylic acids is 1. The van der Waals surface area contributed by atoms with Gasteiger partial charge in [-0.25, -0.2) is 4.79 Å². The summed E-state index contributed by atoms with van der Waals surface area (Å²) in [4.78, 5) is 18.3. The minimum atomic E-state index is -0.751. The van der Waals surface area contributed by atoms with Crippen LogP contribution >= 0.6 is 0 Å². The van der Waals surface area contributed by atoms with Crippen LogP contribution in [0.3, 0.4) is 0 Å². The molecule has 0 spiro atoms. The Kier molecular flexibility index (Phi) is 7.36. The van der Waals surface area contributed by atoms with Gasteiger partial charge in [0.05, 0.1) is 22.9 Å². The number of cyclic esters (lactones) is 1. The molecule has 8 nitrogen and oxygen atoms in total. The monoisotopic (exact) mass is 450 g/mol. The first-order chi connectivity index (χ1) is 16.0. The molecule has 2 aliphatic heterocycles. The summed E-state index contributed by atoms with van der Waals surface area (Å²) in [6, 6.07) is 9.20. The maximum absolute atomic E-state index is 11.8. The highest BCUT2D eigenvalue weighted by Crippen LogP contribution is 2.30. The molecule has 3 atom stereocenters. The molecule has 1 fully saturated rings. The van der Waals surface area contributed by atoms with Crippen molar-refractivity contribution in [2.24, 2.45) is 0 Å². The van der Waals surface area contributed by atoms with Gasteiger partial charge in [0.25, 0.3) is 0 Å². The number of benzene rings is 1. The van der Waals surface area contributed by atoms with Gasteiger partial charge in [-0.3, -0.25) is 9.88 Å². The number of nitrogens with zero attached hydrogens (tertiary/aromatic N) is 3. The van der Waals surface area contributed by atoms with Crippen LogP contribution in [0, 0.1) is 18.3 Å². The smallest absolute Gasteiger partial charge is 0.338 e. The predicted octanol–water partition coefficient (Wildman–Crippen LogP) is 2.14. The van der Waals surface area contributed by atoms with Crippen LogP contribution in [0.5, 0.6) is 0 Å². The minimum absolute atomic E-state index is 0.258. The number of likely N-dealkylation sites (tertiary alicyclic amines) is 1. The molecule has 3 heterocycles. The normalized spacial score (nSPS) is 20.1. The average molecular weight is 451 g/mol. The van der Waals surface area contributed by atoms with Gasteiger partial charge in [0.15, 0.2) is 0 Å². The Bertz CT molecular complexity index is 1030. The van der Waals surface area contributed by atoms with Gasteiger partial charge in [-0.05, 0) is 55.6 Å². The summed E-state index contributed by atoms with van der Waals surface area (Å²) in [7, 11) is 0. The molecule has 0 radical (unpaired) electrons. The fourth-order valence-electron chi connectivity index (χ4n) is 4.74. The van der Waals surface area contributed by atoms with E-state index in [1.165, 1.54) is 6.20 Å². The number of pyridine rings is 1. The number of carbonyl (C=O) groups is 1. The van der Waals surface area contributed by atoms with Gasteiger partial charge >= 0.3 is 5.97 Å². The van der Waals surface area contributed by atoms with Crippen LogP contribution in [0.1, 0.15) is 69.8 Å². The van der Waals surface area contributed by atoms with Gasteiger partial charge < -0.3 is 20.3 Å². The number of aliphatic hydroxyl groups is 2. The molecular weight excluding hydrogens is 420 g/mol. The van der Waals surface area contributed by atoms with Crippen LogP contribution < -0.4 is 5.32 Å². The zero-order valence-electron chi connectivity index (χ0n) is 18.8. The maximum atomic E-state index is 11.8. The van der Waals surface area contributed by atoms with Crippen molar-refractivity contribution in [3.8, 4) is 6.07 Å². The van der Waals surface area contributed by atoms with Crippen molar-refractivity contribution in [2.75, 3.05) is 26.2 Å². The van der Waals surface area contributed by atoms with E-state index >= 15 is 0 Å². The Morgan fingerprint density at radius 3 is 2.88 bits per heavy atom. The van der Waals surface area contributed by atoms with Crippen molar-refractivity contribution in [2.45, 2.75) is 51.0 Å². The third-order valence-corrected chi connectivity index (χ3v) is 6.70. The molecule has 2 aliphatic rings. The number of aromatic nitrogens is 1. The molecule has 2 unspecified atom stereocenters. The molecule has 0 saturated carbocycles. The Labute approximate surface area is 193 Å². The maximum Gasteiger partial charge on any atom is 0.338 e. The lowest BCUT2D eigenvalue weighted by Gasteiger charge is -2.37. The molecule has 4 rings (SSSR count). The second kappa shape index (κ2) is 10.4. The van der Waals surface area contributed by atoms with Gasteiger partial charge in [0.1, 0.15) is 18.8 Å². The lowest BCUT2D eigenvalue weighted by molar-refractivity contribution is 0.0534. The topological polar surface area (TPSA) is 119 Å². The molecule has 33 heavy (non-hydrogen) atoms. The number of aliphatic hydroxyl groups excluding tert-OH is 2. The summed E-state index contributed by atoms with van der Waals surface area (Å²) in [5, 5.41) is 33.6. The van der Waals surface area contributed by atoms with Crippen LogP contribution in [0.15, 0.2) is 30.5 Å². The zero-order valence-corrected chi connectivity index (χ0v) is 18.8. The first kappa shape index (κ1) is 23.3. The summed E-state index contributed by atoms with van der Waals surface area (Å²) >= 11 is 0. The number of hydrogen-bond acceptors (Lipinski definition) is 8. The SMILES string of the molecule is Cc1c([C@H](O)CN2CCCCC2CNCC(O)c2ccc(C#N)cn2)ccc2c1COC2=O. The first-order valence-corrected chi connectivity index (χ1v) is 11.4. The molecule has 2 aromatic rings. The summed E-state index contributed by atoms with van der Waals surface area (Å²) < 4.78 is 5.13. The van der Waals surface area contributed by atoms with Crippen molar-refractivity contribution >= 4 is 5.97 Å². The third-order valence-electron chi connectivity index (χ3n) is 6.70. The lowest BCUT2D eigenvalue weighted by atomic mass is 9.94. The molecule has 3 N–H and O–H groups in total.